The Morgan fingerprint density at radius 3 is 2.58 bits per heavy atom. The van der Waals surface area contributed by atoms with Gasteiger partial charge in [0, 0.05) is 18.1 Å². The molecule has 1 saturated carbocycles. The van der Waals surface area contributed by atoms with Crippen LogP contribution in [0, 0.1) is 11.8 Å². The van der Waals surface area contributed by atoms with Crippen LogP contribution in [-0.4, -0.2) is 36.1 Å². The van der Waals surface area contributed by atoms with E-state index in [0.717, 1.165) is 36.5 Å². The van der Waals surface area contributed by atoms with Crippen molar-refractivity contribution in [3.05, 3.63) is 0 Å². The van der Waals surface area contributed by atoms with Crippen LogP contribution in [0.15, 0.2) is 0 Å². The second-order valence-electron chi connectivity index (χ2n) is 6.99. The van der Waals surface area contributed by atoms with Crippen LogP contribution in [0.5, 0.6) is 0 Å². The van der Waals surface area contributed by atoms with Crippen molar-refractivity contribution < 1.29 is 0 Å². The minimum Gasteiger partial charge on any atom is -0.313 e. The fourth-order valence-electron chi connectivity index (χ4n) is 4.38. The molecule has 2 heteroatoms. The Morgan fingerprint density at radius 1 is 1.16 bits per heavy atom. The van der Waals surface area contributed by atoms with Crippen molar-refractivity contribution in [1.82, 2.24) is 10.2 Å². The van der Waals surface area contributed by atoms with E-state index < -0.39 is 0 Å². The zero-order chi connectivity index (χ0) is 13.8. The van der Waals surface area contributed by atoms with Crippen LogP contribution < -0.4 is 5.32 Å². The quantitative estimate of drug-likeness (QED) is 0.817. The van der Waals surface area contributed by atoms with Gasteiger partial charge < -0.3 is 5.32 Å². The number of rotatable bonds is 5. The van der Waals surface area contributed by atoms with Gasteiger partial charge in [0.25, 0.3) is 0 Å². The molecule has 0 bridgehead atoms. The second-order valence-corrected chi connectivity index (χ2v) is 6.99. The smallest absolute Gasteiger partial charge is 0.0255 e. The number of likely N-dealkylation sites (N-methyl/N-ethyl adjacent to an activating group) is 1. The van der Waals surface area contributed by atoms with E-state index in [9.17, 15) is 0 Å². The average molecular weight is 266 g/mol. The first-order chi connectivity index (χ1) is 9.17. The molecule has 2 rings (SSSR count). The third-order valence-corrected chi connectivity index (χ3v) is 5.59. The first-order valence-electron chi connectivity index (χ1n) is 8.66. The van der Waals surface area contributed by atoms with Gasteiger partial charge in [-0.25, -0.2) is 0 Å². The molecule has 2 aliphatic rings. The molecule has 1 heterocycles. The van der Waals surface area contributed by atoms with E-state index in [-0.39, 0.29) is 0 Å². The molecule has 0 radical (unpaired) electrons. The van der Waals surface area contributed by atoms with E-state index in [4.69, 9.17) is 0 Å². The lowest BCUT2D eigenvalue weighted by Crippen LogP contribution is -2.55. The van der Waals surface area contributed by atoms with Gasteiger partial charge in [-0.1, -0.05) is 27.7 Å². The average Bonchev–Trinajstić information content (AvgIpc) is 2.87. The third kappa shape index (κ3) is 3.52. The Balaban J connectivity index is 2.06. The number of hydrogen-bond acceptors (Lipinski definition) is 2. The molecule has 0 amide bonds. The second kappa shape index (κ2) is 7.08. The van der Waals surface area contributed by atoms with Gasteiger partial charge in [-0.15, -0.1) is 0 Å². The van der Waals surface area contributed by atoms with Gasteiger partial charge >= 0.3 is 0 Å². The summed E-state index contributed by atoms with van der Waals surface area (Å²) in [6.45, 7) is 11.9. The maximum absolute atomic E-state index is 3.77. The Hall–Kier alpha value is -0.0800. The topological polar surface area (TPSA) is 15.3 Å². The molecule has 0 aromatic heterocycles. The van der Waals surface area contributed by atoms with E-state index in [2.05, 4.69) is 37.9 Å². The summed E-state index contributed by atoms with van der Waals surface area (Å²) in [6, 6.07) is 2.40. The number of nitrogens with one attached hydrogen (secondary N) is 1. The summed E-state index contributed by atoms with van der Waals surface area (Å²) >= 11 is 0. The van der Waals surface area contributed by atoms with Crippen molar-refractivity contribution in [2.24, 2.45) is 11.8 Å². The standard InChI is InChI=1S/C17H34N2/c1-5-15-8-7-11-19(15)17-12-14(13(3)4)9-10-16(17)18-6-2/h13-18H,5-12H2,1-4H3. The highest BCUT2D eigenvalue weighted by Gasteiger charge is 2.38. The van der Waals surface area contributed by atoms with Crippen LogP contribution in [0.4, 0.5) is 0 Å². The van der Waals surface area contributed by atoms with Crippen LogP contribution in [-0.2, 0) is 0 Å². The summed E-state index contributed by atoms with van der Waals surface area (Å²) in [4.78, 5) is 2.86. The van der Waals surface area contributed by atoms with E-state index >= 15 is 0 Å². The number of hydrogen-bond donors (Lipinski definition) is 1. The molecule has 2 nitrogen and oxygen atoms in total. The highest BCUT2D eigenvalue weighted by Crippen LogP contribution is 2.36. The van der Waals surface area contributed by atoms with Gasteiger partial charge in [-0.2, -0.15) is 0 Å². The monoisotopic (exact) mass is 266 g/mol. The van der Waals surface area contributed by atoms with Gasteiger partial charge in [-0.3, -0.25) is 4.90 Å². The predicted molar refractivity (Wildman–Crippen MR) is 83.5 cm³/mol. The Labute approximate surface area is 120 Å². The van der Waals surface area contributed by atoms with Crippen molar-refractivity contribution in [2.45, 2.75) is 84.3 Å². The van der Waals surface area contributed by atoms with E-state index in [1.54, 1.807) is 0 Å². The first kappa shape index (κ1) is 15.3. The van der Waals surface area contributed by atoms with Gasteiger partial charge in [0.15, 0.2) is 0 Å². The molecule has 4 unspecified atom stereocenters. The summed E-state index contributed by atoms with van der Waals surface area (Å²) < 4.78 is 0. The zero-order valence-corrected chi connectivity index (χ0v) is 13.5. The van der Waals surface area contributed by atoms with Gasteiger partial charge in [-0.05, 0) is 63.5 Å². The number of likely N-dealkylation sites (tertiary alicyclic amines) is 1. The highest BCUT2D eigenvalue weighted by molar-refractivity contribution is 4.95. The SMILES string of the molecule is CCNC1CCC(C(C)C)CC1N1CCCC1CC. The van der Waals surface area contributed by atoms with Gasteiger partial charge in [0.05, 0.1) is 0 Å². The molecule has 1 aliphatic heterocycles. The Morgan fingerprint density at radius 2 is 1.95 bits per heavy atom. The molecule has 0 spiro atoms. The normalized spacial score (nSPS) is 37.1. The summed E-state index contributed by atoms with van der Waals surface area (Å²) in [5, 5.41) is 3.77. The zero-order valence-electron chi connectivity index (χ0n) is 13.5. The Bertz CT molecular complexity index is 264. The lowest BCUT2D eigenvalue weighted by molar-refractivity contribution is 0.0728. The van der Waals surface area contributed by atoms with Crippen LogP contribution in [0.3, 0.4) is 0 Å². The maximum Gasteiger partial charge on any atom is 0.0255 e. The Kier molecular flexibility index (Phi) is 5.70. The summed E-state index contributed by atoms with van der Waals surface area (Å²) in [7, 11) is 0. The van der Waals surface area contributed by atoms with Gasteiger partial charge in [0.2, 0.25) is 0 Å². The lowest BCUT2D eigenvalue weighted by Gasteiger charge is -2.45. The molecule has 4 atom stereocenters. The summed E-state index contributed by atoms with van der Waals surface area (Å²) in [6.07, 6.45) is 8.41. The maximum atomic E-state index is 3.77. The van der Waals surface area contributed by atoms with Crippen LogP contribution >= 0.6 is 0 Å². The fraction of sp³-hybridized carbons (Fsp3) is 1.00. The van der Waals surface area contributed by atoms with Crippen molar-refractivity contribution in [3.63, 3.8) is 0 Å². The van der Waals surface area contributed by atoms with Crippen molar-refractivity contribution >= 4 is 0 Å². The summed E-state index contributed by atoms with van der Waals surface area (Å²) in [5.74, 6) is 1.80. The van der Waals surface area contributed by atoms with Crippen molar-refractivity contribution in [2.75, 3.05) is 13.1 Å². The molecular weight excluding hydrogens is 232 g/mol. The molecule has 0 aromatic rings. The largest absolute Gasteiger partial charge is 0.313 e. The first-order valence-corrected chi connectivity index (χ1v) is 8.66. The minimum atomic E-state index is 0.743. The molecule has 1 saturated heterocycles. The molecule has 1 aliphatic carbocycles. The lowest BCUT2D eigenvalue weighted by atomic mass is 9.76. The van der Waals surface area contributed by atoms with Crippen LogP contribution in [0.1, 0.15) is 66.2 Å². The van der Waals surface area contributed by atoms with E-state index in [0.29, 0.717) is 0 Å². The molecule has 112 valence electrons. The molecule has 1 N–H and O–H groups in total. The van der Waals surface area contributed by atoms with Crippen molar-refractivity contribution in [1.29, 1.82) is 0 Å². The van der Waals surface area contributed by atoms with E-state index in [1.165, 1.54) is 45.1 Å². The van der Waals surface area contributed by atoms with E-state index in [1.807, 2.05) is 0 Å². The van der Waals surface area contributed by atoms with Gasteiger partial charge in [0.1, 0.15) is 0 Å². The highest BCUT2D eigenvalue weighted by atomic mass is 15.2. The molecule has 2 fully saturated rings. The molecule has 19 heavy (non-hydrogen) atoms. The minimum absolute atomic E-state index is 0.743. The number of nitrogens with zero attached hydrogens (tertiary/aromatic N) is 1. The summed E-state index contributed by atoms with van der Waals surface area (Å²) in [5.41, 5.74) is 0. The fourth-order valence-corrected chi connectivity index (χ4v) is 4.38. The van der Waals surface area contributed by atoms with Crippen LogP contribution in [0.2, 0.25) is 0 Å². The predicted octanol–water partition coefficient (Wildman–Crippen LogP) is 3.66. The van der Waals surface area contributed by atoms with Crippen molar-refractivity contribution in [3.8, 4) is 0 Å². The third-order valence-electron chi connectivity index (χ3n) is 5.59. The molecular formula is C17H34N2. The van der Waals surface area contributed by atoms with Crippen LogP contribution in [0.25, 0.3) is 0 Å². The molecule has 0 aromatic carbocycles.